The van der Waals surface area contributed by atoms with Gasteiger partial charge in [-0.15, -0.1) is 18.5 Å². The molecule has 0 radical (unpaired) electrons. The highest BCUT2D eigenvalue weighted by Crippen LogP contribution is 2.40. The number of halogens is 2. The molecule has 62 valence electrons. The minimum absolute atomic E-state index is 0.295. The van der Waals surface area contributed by atoms with Gasteiger partial charge in [-0.25, -0.2) is 4.39 Å². The quantitative estimate of drug-likeness (QED) is 0.424. The first-order valence-electron chi connectivity index (χ1n) is 3.36. The van der Waals surface area contributed by atoms with E-state index in [1.54, 1.807) is 0 Å². The molecule has 0 bridgehead atoms. The van der Waals surface area contributed by atoms with Gasteiger partial charge in [0.05, 0.1) is 0 Å². The third-order valence-corrected chi connectivity index (χ3v) is 5.05. The summed E-state index contributed by atoms with van der Waals surface area (Å²) >= 11 is 1.82. The van der Waals surface area contributed by atoms with Crippen LogP contribution in [0.25, 0.3) is 0 Å². The third-order valence-electron chi connectivity index (χ3n) is 1.37. The molecule has 0 heterocycles. The summed E-state index contributed by atoms with van der Waals surface area (Å²) in [7, 11) is 5.12. The monoisotopic (exact) mass is 294 g/mol. The average Bonchev–Trinajstić information content (AvgIpc) is 1.84. The molecule has 0 saturated carbocycles. The maximum Gasteiger partial charge on any atom is 0.163 e. The van der Waals surface area contributed by atoms with Gasteiger partial charge in [-0.1, -0.05) is 19.8 Å². The molecule has 0 aromatic heterocycles. The Kier molecular flexibility index (Phi) is 6.01. The molecular weight excluding hydrogens is 280 g/mol. The molecule has 3 unspecified atom stereocenters. The molecule has 0 aromatic carbocycles. The van der Waals surface area contributed by atoms with E-state index in [9.17, 15) is 4.39 Å². The van der Waals surface area contributed by atoms with Gasteiger partial charge in [0.1, 0.15) is 0 Å². The second kappa shape index (κ2) is 5.22. The van der Waals surface area contributed by atoms with Crippen molar-refractivity contribution in [3.63, 3.8) is 0 Å². The van der Waals surface area contributed by atoms with Crippen molar-refractivity contribution in [3.8, 4) is 0 Å². The van der Waals surface area contributed by atoms with E-state index in [1.165, 1.54) is 0 Å². The lowest BCUT2D eigenvalue weighted by Gasteiger charge is -2.23. The van der Waals surface area contributed by atoms with Crippen molar-refractivity contribution in [2.24, 2.45) is 0 Å². The second-order valence-corrected chi connectivity index (χ2v) is 6.43. The van der Waals surface area contributed by atoms with Gasteiger partial charge in [0.25, 0.3) is 0 Å². The molecule has 0 nitrogen and oxygen atoms in total. The molecule has 3 atom stereocenters. The van der Waals surface area contributed by atoms with Crippen LogP contribution in [0.15, 0.2) is 0 Å². The second-order valence-electron chi connectivity index (χ2n) is 2.52. The lowest BCUT2D eigenvalue weighted by atomic mass is 10.2. The zero-order chi connectivity index (χ0) is 8.20. The predicted octanol–water partition coefficient (Wildman–Crippen LogP) is 3.35. The van der Waals surface area contributed by atoms with Crippen molar-refractivity contribution < 1.29 is 4.39 Å². The lowest BCUT2D eigenvalue weighted by molar-refractivity contribution is 0.422. The Balaban J connectivity index is 3.63. The fraction of sp³-hybridized carbons (Fsp3) is 1.00. The van der Waals surface area contributed by atoms with Crippen LogP contribution in [-0.2, 0) is 0 Å². The number of rotatable bonds is 4. The Morgan fingerprint density at radius 3 is 2.40 bits per heavy atom. The van der Waals surface area contributed by atoms with E-state index in [1.807, 2.05) is 22.6 Å². The lowest BCUT2D eigenvalue weighted by Crippen LogP contribution is -2.20. The summed E-state index contributed by atoms with van der Waals surface area (Å²) in [5.74, 6) is 0. The van der Waals surface area contributed by atoms with Crippen LogP contribution in [0.5, 0.6) is 0 Å². The van der Waals surface area contributed by atoms with Crippen molar-refractivity contribution >= 4 is 41.1 Å². The summed E-state index contributed by atoms with van der Waals surface area (Å²) in [5, 5.41) is 0. The zero-order valence-electron chi connectivity index (χ0n) is 6.11. The van der Waals surface area contributed by atoms with Gasteiger partial charge in [0.15, 0.2) is 4.18 Å². The molecule has 0 aliphatic carbocycles. The SMILES string of the molecule is CCCCC(P)(P)C(F)I. The Morgan fingerprint density at radius 1 is 1.60 bits per heavy atom. The van der Waals surface area contributed by atoms with Crippen molar-refractivity contribution in [1.29, 1.82) is 0 Å². The largest absolute Gasteiger partial charge is 0.235 e. The van der Waals surface area contributed by atoms with Crippen molar-refractivity contribution in [3.05, 3.63) is 0 Å². The molecule has 0 amide bonds. The fourth-order valence-corrected chi connectivity index (χ4v) is 1.31. The number of hydrogen-bond donors (Lipinski definition) is 0. The topological polar surface area (TPSA) is 0 Å². The maximum absolute atomic E-state index is 12.7. The smallest absolute Gasteiger partial charge is 0.163 e. The van der Waals surface area contributed by atoms with E-state index in [-0.39, 0.29) is 4.90 Å². The molecule has 0 aliphatic heterocycles. The normalized spacial score (nSPS) is 15.3. The molecule has 0 aromatic rings. The molecule has 10 heavy (non-hydrogen) atoms. The van der Waals surface area contributed by atoms with Gasteiger partial charge in [0.2, 0.25) is 0 Å². The summed E-state index contributed by atoms with van der Waals surface area (Å²) in [6.07, 6.45) is 3.15. The molecule has 4 heteroatoms. The molecular formula is C6H14FIP2. The highest BCUT2D eigenvalue weighted by atomic mass is 127. The number of hydrogen-bond acceptors (Lipinski definition) is 0. The first-order valence-corrected chi connectivity index (χ1v) is 5.76. The minimum atomic E-state index is -0.786. The van der Waals surface area contributed by atoms with Crippen LogP contribution in [0.2, 0.25) is 0 Å². The van der Waals surface area contributed by atoms with Crippen LogP contribution in [0.4, 0.5) is 4.39 Å². The van der Waals surface area contributed by atoms with Crippen LogP contribution in [0.3, 0.4) is 0 Å². The standard InChI is InChI=1S/C6H14FIP2/c1-2-3-4-6(9,10)5(7)8/h5H,2-4,9-10H2,1H3. The van der Waals surface area contributed by atoms with Gasteiger partial charge in [-0.05, 0) is 29.0 Å². The van der Waals surface area contributed by atoms with E-state index < -0.39 is 4.18 Å². The van der Waals surface area contributed by atoms with E-state index in [0.717, 1.165) is 19.3 Å². The van der Waals surface area contributed by atoms with Crippen LogP contribution in [0.1, 0.15) is 26.2 Å². The van der Waals surface area contributed by atoms with Crippen LogP contribution in [-0.4, -0.2) is 9.08 Å². The zero-order valence-corrected chi connectivity index (χ0v) is 10.6. The first-order chi connectivity index (χ1) is 4.50. The minimum Gasteiger partial charge on any atom is -0.235 e. The predicted molar refractivity (Wildman–Crippen MR) is 60.6 cm³/mol. The Bertz CT molecular complexity index is 95.7. The molecule has 0 N–H and O–H groups in total. The number of alkyl halides is 2. The van der Waals surface area contributed by atoms with E-state index in [0.29, 0.717) is 0 Å². The third kappa shape index (κ3) is 4.41. The van der Waals surface area contributed by atoms with Gasteiger partial charge in [-0.2, -0.15) is 0 Å². The highest BCUT2D eigenvalue weighted by Gasteiger charge is 2.26. The van der Waals surface area contributed by atoms with E-state index in [2.05, 4.69) is 25.4 Å². The summed E-state index contributed by atoms with van der Waals surface area (Å²) < 4.78 is 12.0. The fourth-order valence-electron chi connectivity index (χ4n) is 0.592. The van der Waals surface area contributed by atoms with Crippen molar-refractivity contribution in [1.82, 2.24) is 0 Å². The van der Waals surface area contributed by atoms with Gasteiger partial charge in [0, 0.05) is 4.90 Å². The van der Waals surface area contributed by atoms with Gasteiger partial charge < -0.3 is 0 Å². The summed E-state index contributed by atoms with van der Waals surface area (Å²) in [5.41, 5.74) is 0. The van der Waals surface area contributed by atoms with Crippen molar-refractivity contribution in [2.45, 2.75) is 35.3 Å². The highest BCUT2D eigenvalue weighted by molar-refractivity contribution is 14.1. The van der Waals surface area contributed by atoms with Gasteiger partial charge in [-0.3, -0.25) is 0 Å². The van der Waals surface area contributed by atoms with E-state index >= 15 is 0 Å². The van der Waals surface area contributed by atoms with Crippen LogP contribution >= 0.6 is 41.1 Å². The average molecular weight is 294 g/mol. The van der Waals surface area contributed by atoms with Crippen molar-refractivity contribution in [2.75, 3.05) is 0 Å². The first kappa shape index (κ1) is 11.5. The summed E-state index contributed by atoms with van der Waals surface area (Å²) in [4.78, 5) is -0.295. The molecule has 0 fully saturated rings. The van der Waals surface area contributed by atoms with Crippen LogP contribution < -0.4 is 0 Å². The molecule has 0 saturated heterocycles. The summed E-state index contributed by atoms with van der Waals surface area (Å²) in [6, 6.07) is 0. The Hall–Kier alpha value is 1.52. The Labute approximate surface area is 80.7 Å². The van der Waals surface area contributed by atoms with E-state index in [4.69, 9.17) is 0 Å². The summed E-state index contributed by atoms with van der Waals surface area (Å²) in [6.45, 7) is 2.12. The molecule has 0 aliphatic rings. The maximum atomic E-state index is 12.7. The van der Waals surface area contributed by atoms with Gasteiger partial charge >= 0.3 is 0 Å². The molecule has 0 spiro atoms. The Morgan fingerprint density at radius 2 is 2.10 bits per heavy atom. The molecule has 0 rings (SSSR count). The van der Waals surface area contributed by atoms with Crippen LogP contribution in [0, 0.1) is 0 Å². The number of unbranched alkanes of at least 4 members (excludes halogenated alkanes) is 1.